The van der Waals surface area contributed by atoms with Crippen molar-refractivity contribution in [2.24, 2.45) is 0 Å². The number of unbranched alkanes of at least 4 members (excludes halogenated alkanes) is 1. The number of carbonyl (C=O) groups excluding carboxylic acids is 1. The Morgan fingerprint density at radius 2 is 1.88 bits per heavy atom. The molecule has 1 aliphatic rings. The lowest BCUT2D eigenvalue weighted by molar-refractivity contribution is 0.0947. The number of benzene rings is 2. The van der Waals surface area contributed by atoms with Gasteiger partial charge in [0.25, 0.3) is 5.91 Å². The van der Waals surface area contributed by atoms with Gasteiger partial charge in [-0.1, -0.05) is 30.7 Å². The summed E-state index contributed by atoms with van der Waals surface area (Å²) in [5.74, 6) is 1.59. The van der Waals surface area contributed by atoms with Gasteiger partial charge in [0.2, 0.25) is 0 Å². The maximum atomic E-state index is 12.5. The zero-order chi connectivity index (χ0) is 23.8. The molecule has 4 rings (SSSR count). The van der Waals surface area contributed by atoms with Crippen LogP contribution in [-0.2, 0) is 0 Å². The number of hydrogen-bond acceptors (Lipinski definition) is 7. The normalized spacial score (nSPS) is 14.4. The summed E-state index contributed by atoms with van der Waals surface area (Å²) in [5, 5.41) is 4.11. The van der Waals surface area contributed by atoms with Crippen LogP contribution in [0.25, 0.3) is 10.2 Å². The molecule has 0 radical (unpaired) electrons. The van der Waals surface area contributed by atoms with Crippen molar-refractivity contribution in [1.82, 2.24) is 15.2 Å². The highest BCUT2D eigenvalue weighted by Crippen LogP contribution is 2.32. The van der Waals surface area contributed by atoms with Gasteiger partial charge >= 0.3 is 0 Å². The average molecular weight is 483 g/mol. The maximum Gasteiger partial charge on any atom is 0.251 e. The van der Waals surface area contributed by atoms with Gasteiger partial charge in [-0.3, -0.25) is 9.69 Å². The van der Waals surface area contributed by atoms with Gasteiger partial charge in [0, 0.05) is 44.8 Å². The maximum absolute atomic E-state index is 12.5. The van der Waals surface area contributed by atoms with Gasteiger partial charge in [-0.05, 0) is 49.7 Å². The van der Waals surface area contributed by atoms with E-state index in [9.17, 15) is 4.79 Å². The fourth-order valence-corrected chi connectivity index (χ4v) is 4.98. The van der Waals surface area contributed by atoms with Crippen molar-refractivity contribution in [2.75, 3.05) is 57.4 Å². The number of aromatic nitrogens is 1. The number of piperazine rings is 1. The number of rotatable bonds is 11. The molecule has 0 unspecified atom stereocenters. The van der Waals surface area contributed by atoms with Crippen LogP contribution in [0.3, 0.4) is 0 Å². The fraction of sp³-hybridized carbons (Fsp3) is 0.462. The number of carbonyl (C=O) groups is 1. The Labute approximate surface area is 205 Å². The van der Waals surface area contributed by atoms with Crippen molar-refractivity contribution >= 4 is 32.6 Å². The van der Waals surface area contributed by atoms with Crippen molar-refractivity contribution < 1.29 is 14.3 Å². The molecule has 0 atom stereocenters. The van der Waals surface area contributed by atoms with Gasteiger partial charge in [0.15, 0.2) is 5.13 Å². The Balaban J connectivity index is 1.21. The largest absolute Gasteiger partial charge is 0.494 e. The van der Waals surface area contributed by atoms with Crippen LogP contribution in [0.1, 0.15) is 37.0 Å². The second kappa shape index (κ2) is 12.0. The van der Waals surface area contributed by atoms with Crippen molar-refractivity contribution in [3.8, 4) is 11.5 Å². The van der Waals surface area contributed by atoms with E-state index in [0.717, 1.165) is 72.4 Å². The summed E-state index contributed by atoms with van der Waals surface area (Å²) in [7, 11) is 0. The lowest BCUT2D eigenvalue weighted by atomic mass is 10.2. The lowest BCUT2D eigenvalue weighted by Gasteiger charge is -2.34. The van der Waals surface area contributed by atoms with Crippen LogP contribution in [0.4, 0.5) is 5.13 Å². The molecule has 0 spiro atoms. The Morgan fingerprint density at radius 1 is 1.06 bits per heavy atom. The van der Waals surface area contributed by atoms with Gasteiger partial charge < -0.3 is 19.7 Å². The molecular weight excluding hydrogens is 448 g/mol. The Hall–Kier alpha value is -2.84. The number of fused-ring (bicyclic) bond motifs is 1. The van der Waals surface area contributed by atoms with Crippen molar-refractivity contribution in [2.45, 2.75) is 26.7 Å². The third kappa shape index (κ3) is 6.39. The monoisotopic (exact) mass is 482 g/mol. The zero-order valence-corrected chi connectivity index (χ0v) is 20.9. The van der Waals surface area contributed by atoms with E-state index in [0.29, 0.717) is 25.3 Å². The molecule has 0 bridgehead atoms. The minimum atomic E-state index is -0.0551. The second-order valence-electron chi connectivity index (χ2n) is 8.37. The summed E-state index contributed by atoms with van der Waals surface area (Å²) in [6.07, 6.45) is 2.10. The van der Waals surface area contributed by atoms with Crippen LogP contribution in [-0.4, -0.2) is 68.3 Å². The van der Waals surface area contributed by atoms with Crippen LogP contribution in [0.2, 0.25) is 0 Å². The Morgan fingerprint density at radius 3 is 2.68 bits per heavy atom. The number of amides is 1. The quantitative estimate of drug-likeness (QED) is 0.408. The molecule has 1 aromatic heterocycles. The van der Waals surface area contributed by atoms with Gasteiger partial charge in [0.05, 0.1) is 23.4 Å². The van der Waals surface area contributed by atoms with E-state index >= 15 is 0 Å². The van der Waals surface area contributed by atoms with Gasteiger partial charge in [0.1, 0.15) is 11.5 Å². The molecular formula is C26H34N4O3S. The third-order valence-corrected chi connectivity index (χ3v) is 6.96. The van der Waals surface area contributed by atoms with Gasteiger partial charge in [-0.25, -0.2) is 4.98 Å². The molecule has 2 heterocycles. The standard InChI is InChI=1S/C26H34N4O3S/c1-3-5-17-33-21-8-6-7-20(18-21)25(31)27-11-12-29-13-15-30(16-14-29)26-28-23-10-9-22(32-4-2)19-24(23)34-26/h6-10,18-19H,3-5,11-17H2,1-2H3,(H,27,31). The van der Waals surface area contributed by atoms with Gasteiger partial charge in [-0.2, -0.15) is 0 Å². The number of thiazole rings is 1. The predicted molar refractivity (Wildman–Crippen MR) is 139 cm³/mol. The first kappa shape index (κ1) is 24.3. The molecule has 7 nitrogen and oxygen atoms in total. The highest BCUT2D eigenvalue weighted by atomic mass is 32.1. The van der Waals surface area contributed by atoms with E-state index in [1.807, 2.05) is 43.3 Å². The number of hydrogen-bond donors (Lipinski definition) is 1. The van der Waals surface area contributed by atoms with E-state index in [4.69, 9.17) is 14.5 Å². The van der Waals surface area contributed by atoms with Crippen LogP contribution >= 0.6 is 11.3 Å². The Bertz CT molecular complexity index is 1080. The Kier molecular flexibility index (Phi) is 8.60. The molecule has 1 N–H and O–H groups in total. The molecule has 2 aromatic carbocycles. The summed E-state index contributed by atoms with van der Waals surface area (Å²) >= 11 is 1.72. The van der Waals surface area contributed by atoms with E-state index in [-0.39, 0.29) is 5.91 Å². The molecule has 34 heavy (non-hydrogen) atoms. The van der Waals surface area contributed by atoms with Crippen LogP contribution in [0.15, 0.2) is 42.5 Å². The molecule has 1 aliphatic heterocycles. The number of nitrogens with zero attached hydrogens (tertiary/aromatic N) is 3. The number of anilines is 1. The van der Waals surface area contributed by atoms with Crippen LogP contribution in [0, 0.1) is 0 Å². The molecule has 1 saturated heterocycles. The molecule has 0 saturated carbocycles. The lowest BCUT2D eigenvalue weighted by Crippen LogP contribution is -2.48. The van der Waals surface area contributed by atoms with E-state index in [1.54, 1.807) is 11.3 Å². The molecule has 8 heteroatoms. The summed E-state index contributed by atoms with van der Waals surface area (Å²) in [6.45, 7) is 10.7. The van der Waals surface area contributed by atoms with Crippen molar-refractivity contribution in [3.63, 3.8) is 0 Å². The average Bonchev–Trinajstić information content (AvgIpc) is 3.28. The minimum absolute atomic E-state index is 0.0551. The van der Waals surface area contributed by atoms with Crippen LogP contribution < -0.4 is 19.7 Å². The molecule has 1 amide bonds. The van der Waals surface area contributed by atoms with Crippen molar-refractivity contribution in [1.29, 1.82) is 0 Å². The fourth-order valence-electron chi connectivity index (χ4n) is 3.94. The summed E-state index contributed by atoms with van der Waals surface area (Å²) in [6, 6.07) is 13.5. The smallest absolute Gasteiger partial charge is 0.251 e. The molecule has 3 aromatic rings. The summed E-state index contributed by atoms with van der Waals surface area (Å²) in [5.41, 5.74) is 1.66. The van der Waals surface area contributed by atoms with Crippen molar-refractivity contribution in [3.05, 3.63) is 48.0 Å². The first-order valence-corrected chi connectivity index (χ1v) is 13.0. The highest BCUT2D eigenvalue weighted by molar-refractivity contribution is 7.22. The van der Waals surface area contributed by atoms with E-state index in [2.05, 4.69) is 28.1 Å². The predicted octanol–water partition coefficient (Wildman–Crippen LogP) is 4.43. The third-order valence-electron chi connectivity index (χ3n) is 5.88. The first-order valence-electron chi connectivity index (χ1n) is 12.2. The molecule has 182 valence electrons. The van der Waals surface area contributed by atoms with E-state index < -0.39 is 0 Å². The first-order chi connectivity index (χ1) is 16.7. The summed E-state index contributed by atoms with van der Waals surface area (Å²) in [4.78, 5) is 22.1. The highest BCUT2D eigenvalue weighted by Gasteiger charge is 2.20. The topological polar surface area (TPSA) is 66.9 Å². The SMILES string of the molecule is CCCCOc1cccc(C(=O)NCCN2CCN(c3nc4ccc(OCC)cc4s3)CC2)c1. The molecule has 0 aliphatic carbocycles. The molecule has 1 fully saturated rings. The number of nitrogens with one attached hydrogen (secondary N) is 1. The van der Waals surface area contributed by atoms with Gasteiger partial charge in [-0.15, -0.1) is 0 Å². The summed E-state index contributed by atoms with van der Waals surface area (Å²) < 4.78 is 12.5. The van der Waals surface area contributed by atoms with E-state index in [1.165, 1.54) is 0 Å². The minimum Gasteiger partial charge on any atom is -0.494 e. The second-order valence-corrected chi connectivity index (χ2v) is 9.38. The van der Waals surface area contributed by atoms with Crippen LogP contribution in [0.5, 0.6) is 11.5 Å². The zero-order valence-electron chi connectivity index (χ0n) is 20.1. The number of ether oxygens (including phenoxy) is 2.